The van der Waals surface area contributed by atoms with Crippen LogP contribution in [0.25, 0.3) is 0 Å². The van der Waals surface area contributed by atoms with Gasteiger partial charge in [-0.15, -0.1) is 0 Å². The maximum atomic E-state index is 10.9. The molecule has 4 nitrogen and oxygen atoms in total. The lowest BCUT2D eigenvalue weighted by atomic mass is 10.2. The molecule has 0 aliphatic heterocycles. The van der Waals surface area contributed by atoms with Crippen molar-refractivity contribution in [3.05, 3.63) is 0 Å². The van der Waals surface area contributed by atoms with Gasteiger partial charge in [-0.3, -0.25) is 4.79 Å². The van der Waals surface area contributed by atoms with Crippen molar-refractivity contribution in [1.29, 1.82) is 0 Å². The van der Waals surface area contributed by atoms with Gasteiger partial charge in [0, 0.05) is 12.5 Å². The SMILES string of the molecule is CNC(C)CC(=O)NCC=O. The van der Waals surface area contributed by atoms with Crippen molar-refractivity contribution >= 4 is 12.2 Å². The standard InChI is InChI=1S/C7H14N2O2/c1-6(8-2)5-7(11)9-3-4-10/h4,6,8H,3,5H2,1-2H3,(H,9,11). The molecule has 0 bridgehead atoms. The topological polar surface area (TPSA) is 58.2 Å². The first-order valence-electron chi connectivity index (χ1n) is 3.58. The third kappa shape index (κ3) is 5.54. The molecule has 0 rings (SSSR count). The fraction of sp³-hybridized carbons (Fsp3) is 0.714. The Balaban J connectivity index is 3.43. The minimum Gasteiger partial charge on any atom is -0.349 e. The zero-order valence-corrected chi connectivity index (χ0v) is 6.89. The van der Waals surface area contributed by atoms with Crippen LogP contribution in [0.4, 0.5) is 0 Å². The molecule has 11 heavy (non-hydrogen) atoms. The van der Waals surface area contributed by atoms with E-state index in [4.69, 9.17) is 0 Å². The van der Waals surface area contributed by atoms with Crippen molar-refractivity contribution in [2.24, 2.45) is 0 Å². The highest BCUT2D eigenvalue weighted by Gasteiger charge is 2.04. The van der Waals surface area contributed by atoms with Gasteiger partial charge in [-0.25, -0.2) is 0 Å². The largest absolute Gasteiger partial charge is 0.349 e. The van der Waals surface area contributed by atoms with Crippen LogP contribution in [-0.4, -0.2) is 31.8 Å². The van der Waals surface area contributed by atoms with E-state index in [0.717, 1.165) is 0 Å². The van der Waals surface area contributed by atoms with Crippen LogP contribution in [0.2, 0.25) is 0 Å². The van der Waals surface area contributed by atoms with Gasteiger partial charge in [-0.05, 0) is 14.0 Å². The summed E-state index contributed by atoms with van der Waals surface area (Å²) in [7, 11) is 1.79. The van der Waals surface area contributed by atoms with Gasteiger partial charge >= 0.3 is 0 Å². The lowest BCUT2D eigenvalue weighted by Gasteiger charge is -2.08. The van der Waals surface area contributed by atoms with Crippen molar-refractivity contribution in [2.75, 3.05) is 13.6 Å². The van der Waals surface area contributed by atoms with Crippen LogP contribution in [-0.2, 0) is 9.59 Å². The molecular formula is C7H14N2O2. The Labute approximate surface area is 66.4 Å². The molecule has 2 N–H and O–H groups in total. The van der Waals surface area contributed by atoms with Crippen molar-refractivity contribution in [3.8, 4) is 0 Å². The fourth-order valence-corrected chi connectivity index (χ4v) is 0.608. The van der Waals surface area contributed by atoms with Gasteiger partial charge in [0.05, 0.1) is 6.54 Å². The van der Waals surface area contributed by atoms with Crippen LogP contribution in [0.5, 0.6) is 0 Å². The van der Waals surface area contributed by atoms with E-state index in [1.54, 1.807) is 7.05 Å². The van der Waals surface area contributed by atoms with Crippen LogP contribution in [0.1, 0.15) is 13.3 Å². The summed E-state index contributed by atoms with van der Waals surface area (Å²) in [6, 6.07) is 0.154. The molecule has 0 aromatic heterocycles. The Morgan fingerprint density at radius 2 is 2.27 bits per heavy atom. The Kier molecular flexibility index (Phi) is 5.37. The summed E-state index contributed by atoms with van der Waals surface area (Å²) in [5, 5.41) is 5.37. The van der Waals surface area contributed by atoms with E-state index >= 15 is 0 Å². The van der Waals surface area contributed by atoms with E-state index in [9.17, 15) is 9.59 Å². The first-order chi connectivity index (χ1) is 5.20. The molecule has 1 unspecified atom stereocenters. The van der Waals surface area contributed by atoms with Gasteiger partial charge in [0.25, 0.3) is 0 Å². The Morgan fingerprint density at radius 3 is 2.73 bits per heavy atom. The van der Waals surface area contributed by atoms with Crippen LogP contribution in [0.15, 0.2) is 0 Å². The second-order valence-corrected chi connectivity index (χ2v) is 2.36. The lowest BCUT2D eigenvalue weighted by molar-refractivity contribution is -0.122. The molecule has 0 radical (unpaired) electrons. The van der Waals surface area contributed by atoms with Gasteiger partial charge in [0.15, 0.2) is 0 Å². The first-order valence-corrected chi connectivity index (χ1v) is 3.58. The zero-order chi connectivity index (χ0) is 8.69. The monoisotopic (exact) mass is 158 g/mol. The highest BCUT2D eigenvalue weighted by molar-refractivity contribution is 5.78. The number of amides is 1. The maximum absolute atomic E-state index is 10.9. The van der Waals surface area contributed by atoms with Crippen LogP contribution in [0, 0.1) is 0 Å². The smallest absolute Gasteiger partial charge is 0.221 e. The zero-order valence-electron chi connectivity index (χ0n) is 6.89. The van der Waals surface area contributed by atoms with Crippen LogP contribution < -0.4 is 10.6 Å². The molecule has 0 saturated carbocycles. The van der Waals surface area contributed by atoms with Gasteiger partial charge in [-0.2, -0.15) is 0 Å². The third-order valence-corrected chi connectivity index (χ3v) is 1.37. The van der Waals surface area contributed by atoms with Crippen LogP contribution in [0.3, 0.4) is 0 Å². The van der Waals surface area contributed by atoms with Crippen molar-refractivity contribution < 1.29 is 9.59 Å². The number of carbonyl (C=O) groups excluding carboxylic acids is 2. The number of carbonyl (C=O) groups is 2. The second kappa shape index (κ2) is 5.85. The predicted octanol–water partition coefficient (Wildman–Crippen LogP) is -0.701. The summed E-state index contributed by atoms with van der Waals surface area (Å²) in [5.74, 6) is -0.0982. The molecular weight excluding hydrogens is 144 g/mol. The van der Waals surface area contributed by atoms with E-state index in [2.05, 4.69) is 10.6 Å². The number of nitrogens with one attached hydrogen (secondary N) is 2. The minimum atomic E-state index is -0.0982. The van der Waals surface area contributed by atoms with Gasteiger partial charge in [0.1, 0.15) is 6.29 Å². The Hall–Kier alpha value is -0.900. The van der Waals surface area contributed by atoms with E-state index in [-0.39, 0.29) is 18.5 Å². The van der Waals surface area contributed by atoms with Gasteiger partial charge in [0.2, 0.25) is 5.91 Å². The van der Waals surface area contributed by atoms with E-state index in [1.165, 1.54) is 0 Å². The molecule has 1 amide bonds. The summed E-state index contributed by atoms with van der Waals surface area (Å²) in [6.45, 7) is 2.01. The van der Waals surface area contributed by atoms with Gasteiger partial charge < -0.3 is 15.4 Å². The number of hydrogen-bond donors (Lipinski definition) is 2. The molecule has 4 heteroatoms. The molecule has 0 aromatic rings. The Morgan fingerprint density at radius 1 is 1.64 bits per heavy atom. The van der Waals surface area contributed by atoms with Crippen molar-refractivity contribution in [1.82, 2.24) is 10.6 Å². The average molecular weight is 158 g/mol. The van der Waals surface area contributed by atoms with E-state index in [0.29, 0.717) is 12.7 Å². The number of aldehydes is 1. The molecule has 0 spiro atoms. The number of hydrogen-bond acceptors (Lipinski definition) is 3. The quantitative estimate of drug-likeness (QED) is 0.520. The molecule has 0 fully saturated rings. The first kappa shape index (κ1) is 10.1. The summed E-state index contributed by atoms with van der Waals surface area (Å²) >= 11 is 0. The molecule has 0 saturated heterocycles. The molecule has 0 aliphatic rings. The molecule has 0 aliphatic carbocycles. The van der Waals surface area contributed by atoms with E-state index in [1.807, 2.05) is 6.92 Å². The summed E-state index contributed by atoms with van der Waals surface area (Å²) in [5.41, 5.74) is 0. The lowest BCUT2D eigenvalue weighted by Crippen LogP contribution is -2.32. The highest BCUT2D eigenvalue weighted by atomic mass is 16.2. The van der Waals surface area contributed by atoms with Crippen molar-refractivity contribution in [2.45, 2.75) is 19.4 Å². The highest BCUT2D eigenvalue weighted by Crippen LogP contribution is 1.87. The maximum Gasteiger partial charge on any atom is 0.221 e. The van der Waals surface area contributed by atoms with Crippen molar-refractivity contribution in [3.63, 3.8) is 0 Å². The van der Waals surface area contributed by atoms with E-state index < -0.39 is 0 Å². The molecule has 0 heterocycles. The van der Waals surface area contributed by atoms with Gasteiger partial charge in [-0.1, -0.05) is 0 Å². The van der Waals surface area contributed by atoms with Crippen LogP contribution >= 0.6 is 0 Å². The minimum absolute atomic E-state index is 0.0982. The fourth-order valence-electron chi connectivity index (χ4n) is 0.608. The predicted molar refractivity (Wildman–Crippen MR) is 42.2 cm³/mol. The molecule has 1 atom stereocenters. The third-order valence-electron chi connectivity index (χ3n) is 1.37. The average Bonchev–Trinajstić information content (AvgIpc) is 2.00. The number of rotatable bonds is 5. The summed E-state index contributed by atoms with van der Waals surface area (Å²) in [4.78, 5) is 20.7. The summed E-state index contributed by atoms with van der Waals surface area (Å²) < 4.78 is 0. The molecule has 64 valence electrons. The normalized spacial score (nSPS) is 12.2. The Bertz CT molecular complexity index is 136. The summed E-state index contributed by atoms with van der Waals surface area (Å²) in [6.07, 6.45) is 1.08. The molecule has 0 aromatic carbocycles. The second-order valence-electron chi connectivity index (χ2n) is 2.36.